The van der Waals surface area contributed by atoms with Crippen LogP contribution in [0.2, 0.25) is 0 Å². The van der Waals surface area contributed by atoms with Gasteiger partial charge >= 0.3 is 42.7 Å². The summed E-state index contributed by atoms with van der Waals surface area (Å²) >= 11 is 0. The topological polar surface area (TPSA) is 314 Å². The molecule has 1 aromatic heterocycles. The zero-order chi connectivity index (χ0) is 58.1. The molecule has 11 fully saturated rings. The number of aliphatic hydroxyl groups is 4. The summed E-state index contributed by atoms with van der Waals surface area (Å²) < 4.78 is 84.8. The van der Waals surface area contributed by atoms with E-state index in [1.807, 2.05) is 36.4 Å². The number of aliphatic hydroxyl groups excluding tert-OH is 4. The average Bonchev–Trinajstić information content (AvgIpc) is 1.65. The maximum atomic E-state index is 11.1. The first-order valence-electron chi connectivity index (χ1n) is 29.5. The molecule has 16 aliphatic rings. The molecule has 17 heterocycles. The van der Waals surface area contributed by atoms with E-state index in [4.69, 9.17) is 82.0 Å². The fourth-order valence-electron chi connectivity index (χ4n) is 12.8. The number of carbonyl (C=O) groups is 4. The van der Waals surface area contributed by atoms with Crippen LogP contribution in [-0.4, -0.2) is 253 Å². The van der Waals surface area contributed by atoms with Gasteiger partial charge in [-0.15, -0.1) is 0 Å². The van der Waals surface area contributed by atoms with Crippen LogP contribution in [0.1, 0.15) is 14.3 Å². The van der Waals surface area contributed by atoms with Crippen LogP contribution in [0.15, 0.2) is 89.8 Å². The monoisotopic (exact) mass is 1220 g/mol. The zero-order valence-electron chi connectivity index (χ0n) is 48.6. The molecule has 10 bridgehead atoms. The van der Waals surface area contributed by atoms with E-state index >= 15 is 0 Å². The predicted molar refractivity (Wildman–Crippen MR) is 296 cm³/mol. The van der Waals surface area contributed by atoms with E-state index in [0.717, 1.165) is 77.8 Å². The molecule has 86 heavy (non-hydrogen) atoms. The van der Waals surface area contributed by atoms with Gasteiger partial charge in [-0.05, 0) is 25.0 Å². The van der Waals surface area contributed by atoms with Gasteiger partial charge in [0.2, 0.25) is 0 Å². The number of fused-ring (bicyclic) bond motifs is 13. The van der Waals surface area contributed by atoms with E-state index < -0.39 is 23.9 Å². The Hall–Kier alpha value is -3.29. The molecule has 470 valence electrons. The first-order chi connectivity index (χ1) is 41.1. The van der Waals surface area contributed by atoms with E-state index in [1.54, 1.807) is 12.5 Å². The molecular formula is C60H82AlLiO24. The van der Waals surface area contributed by atoms with Crippen molar-refractivity contribution in [1.29, 1.82) is 0 Å². The Kier molecular flexibility index (Phi) is 25.1. The van der Waals surface area contributed by atoms with Gasteiger partial charge in [0.25, 0.3) is 0 Å². The summed E-state index contributed by atoms with van der Waals surface area (Å²) in [6.45, 7) is 9.71. The Morgan fingerprint density at radius 3 is 0.942 bits per heavy atom. The summed E-state index contributed by atoms with van der Waals surface area (Å²) in [6.07, 6.45) is 26.0. The third kappa shape index (κ3) is 17.4. The second-order valence-corrected chi connectivity index (χ2v) is 23.3. The summed E-state index contributed by atoms with van der Waals surface area (Å²) in [7, 11) is 0. The number of cyclic esters (lactones) is 4. The number of esters is 4. The number of carbonyl (C=O) groups excluding carboxylic acids is 4. The fraction of sp³-hybridized carbons (Fsp3) is 0.700. The molecule has 24 nitrogen and oxygen atoms in total. The summed E-state index contributed by atoms with van der Waals surface area (Å²) in [5.74, 6) is -0.508. The van der Waals surface area contributed by atoms with E-state index in [2.05, 4.69) is 38.2 Å². The van der Waals surface area contributed by atoms with Crippen molar-refractivity contribution in [2.75, 3.05) is 106 Å². The Bertz CT molecular complexity index is 2260. The minimum absolute atomic E-state index is 0. The quantitative estimate of drug-likeness (QED) is 0.0325. The molecule has 0 amide bonds. The van der Waals surface area contributed by atoms with Gasteiger partial charge in [-0.3, -0.25) is 9.59 Å². The van der Waals surface area contributed by atoms with Crippen molar-refractivity contribution >= 4 is 41.2 Å². The molecule has 1 aromatic rings. The Balaban J connectivity index is 0.000000136. The largest absolute Gasteiger partial charge is 1.00 e. The van der Waals surface area contributed by atoms with Crippen molar-refractivity contribution in [3.8, 4) is 0 Å². The molecule has 17 rings (SSSR count). The molecule has 16 aliphatic heterocycles. The maximum absolute atomic E-state index is 11.1. The predicted octanol–water partition coefficient (Wildman–Crippen LogP) is -3.44. The van der Waals surface area contributed by atoms with Crippen molar-refractivity contribution in [2.24, 2.45) is 59.2 Å². The second-order valence-electron chi connectivity index (χ2n) is 23.3. The van der Waals surface area contributed by atoms with Crippen LogP contribution < -0.4 is 18.9 Å². The number of epoxide rings is 4. The van der Waals surface area contributed by atoms with Gasteiger partial charge in [-0.25, -0.2) is 9.59 Å². The molecule has 11 saturated heterocycles. The number of furan rings is 1. The summed E-state index contributed by atoms with van der Waals surface area (Å²) in [4.78, 5) is 42.0. The summed E-state index contributed by atoms with van der Waals surface area (Å²) in [6, 6.07) is 3.67. The Morgan fingerprint density at radius 2 is 0.686 bits per heavy atom. The maximum Gasteiger partial charge on any atom is 1.00 e. The van der Waals surface area contributed by atoms with Gasteiger partial charge in [0.05, 0.1) is 153 Å². The first kappa shape index (κ1) is 67.1. The van der Waals surface area contributed by atoms with Gasteiger partial charge in [-0.2, -0.15) is 0 Å². The van der Waals surface area contributed by atoms with Gasteiger partial charge in [0.1, 0.15) is 36.3 Å². The van der Waals surface area contributed by atoms with Crippen molar-refractivity contribution in [2.45, 2.75) is 98.3 Å². The first-order valence-corrected chi connectivity index (χ1v) is 29.5. The van der Waals surface area contributed by atoms with E-state index in [9.17, 15) is 19.2 Å². The van der Waals surface area contributed by atoms with Gasteiger partial charge in [0.15, 0.2) is 17.4 Å². The van der Waals surface area contributed by atoms with Crippen LogP contribution in [0.4, 0.5) is 0 Å². The molecule has 0 aliphatic carbocycles. The SMILES string of the molecule is C1=CC2OC1C(COCC1CO1)C2COCC1CO1.C1=CC2OC1C(COCC1CO1)C2COCC1CO1.O=C1C=CC(=O)O1.O=C1OC(=O)C2C3C=CC(O3)C12.OCC1C2C=CC(O2)C1CO.OCC1C2CCC(O2)C1CO.[AlH3].[H-].[Li+].c1ccoc1. The zero-order valence-corrected chi connectivity index (χ0v) is 47.6. The van der Waals surface area contributed by atoms with Crippen LogP contribution in [0.25, 0.3) is 0 Å². The molecule has 4 N–H and O–H groups in total. The second kappa shape index (κ2) is 32.1. The normalized spacial score (nSPS) is 41.2. The molecule has 26 heteroatoms. The van der Waals surface area contributed by atoms with E-state index in [0.29, 0.717) is 74.5 Å². The number of hydrogen-bond donors (Lipinski definition) is 4. The average molecular weight is 1220 g/mol. The van der Waals surface area contributed by atoms with E-state index in [1.165, 1.54) is 0 Å². The third-order valence-electron chi connectivity index (χ3n) is 17.7. The molecule has 0 aromatic carbocycles. The molecule has 0 spiro atoms. The number of hydrogen-bond acceptors (Lipinski definition) is 24. The van der Waals surface area contributed by atoms with Crippen molar-refractivity contribution < 1.29 is 135 Å². The van der Waals surface area contributed by atoms with Crippen molar-refractivity contribution in [3.05, 3.63) is 85.4 Å². The van der Waals surface area contributed by atoms with Crippen LogP contribution >= 0.6 is 0 Å². The Morgan fingerprint density at radius 1 is 0.395 bits per heavy atom. The van der Waals surface area contributed by atoms with Crippen LogP contribution in [0, 0.1) is 59.2 Å². The third-order valence-corrected chi connectivity index (χ3v) is 17.7. The smallest absolute Gasteiger partial charge is 1.00 e. The summed E-state index contributed by atoms with van der Waals surface area (Å²) in [5.41, 5.74) is 0. The fourth-order valence-corrected chi connectivity index (χ4v) is 12.8. The van der Waals surface area contributed by atoms with Crippen LogP contribution in [0.5, 0.6) is 0 Å². The molecule has 0 saturated carbocycles. The minimum atomic E-state index is -0.579. The standard InChI is InChI=1S/2C14H20O5.C8H6O4.C8H14O3.C8H12O3.C4H2O3.C4H4O.Al.Li.4H/c2*1-2-14-12(8-16-4-10-6-18-10)11(13(1)19-14)7-15-3-9-5-17-9;9-7-5-3-1-2-4(11-3)6(5)8(10)12-7;2*9-3-5-6(4-10)8-2-1-7(5)11-8;5-3-1-2-4(6)7-3;1-2-4-5-3-1;;;;;;/h2*1-2,9-14H,3-8H2;1-6H;5-10H,1-4H2;1-2,5-10H,3-4H2;1-2H;1-4H;;;;;;/q;;;;;;;;+1;;;;-1. The number of rotatable bonds is 20. The summed E-state index contributed by atoms with van der Waals surface area (Å²) in [5, 5.41) is 35.9. The van der Waals surface area contributed by atoms with Crippen molar-refractivity contribution in [3.63, 3.8) is 0 Å². The molecular weight excluding hydrogens is 1140 g/mol. The van der Waals surface area contributed by atoms with Crippen molar-refractivity contribution in [1.82, 2.24) is 0 Å². The van der Waals surface area contributed by atoms with Crippen LogP contribution in [0.3, 0.4) is 0 Å². The van der Waals surface area contributed by atoms with Gasteiger partial charge < -0.3 is 97.3 Å². The molecule has 0 radical (unpaired) electrons. The number of ether oxygens (including phenoxy) is 15. The molecule has 24 unspecified atom stereocenters. The van der Waals surface area contributed by atoms with Gasteiger partial charge in [0, 0.05) is 85.9 Å². The van der Waals surface area contributed by atoms with E-state index in [-0.39, 0.29) is 161 Å². The van der Waals surface area contributed by atoms with Crippen LogP contribution in [-0.2, 0) is 90.2 Å². The Labute approximate surface area is 522 Å². The molecule has 24 atom stereocenters. The minimum Gasteiger partial charge on any atom is -1.00 e. The van der Waals surface area contributed by atoms with Gasteiger partial charge in [-0.1, -0.05) is 48.6 Å².